The van der Waals surface area contributed by atoms with Crippen LogP contribution in [0.5, 0.6) is 0 Å². The molecule has 0 aliphatic carbocycles. The number of rotatable bonds is 3. The number of amides is 1. The van der Waals surface area contributed by atoms with Gasteiger partial charge in [-0.1, -0.05) is 0 Å². The highest BCUT2D eigenvalue weighted by atomic mass is 79.9. The van der Waals surface area contributed by atoms with Gasteiger partial charge in [-0.05, 0) is 40.8 Å². The van der Waals surface area contributed by atoms with Crippen LogP contribution in [0.3, 0.4) is 0 Å². The van der Waals surface area contributed by atoms with Crippen LogP contribution in [0.15, 0.2) is 16.7 Å². The normalized spacial score (nSPS) is 16.8. The maximum absolute atomic E-state index is 12.3. The minimum absolute atomic E-state index is 0.0784. The smallest absolute Gasteiger partial charge is 0.270 e. The van der Waals surface area contributed by atoms with Gasteiger partial charge in [-0.3, -0.25) is 4.79 Å². The Balaban J connectivity index is 1.97. The zero-order chi connectivity index (χ0) is 13.1. The molecule has 1 saturated heterocycles. The van der Waals surface area contributed by atoms with Crippen molar-refractivity contribution < 1.29 is 9.53 Å². The lowest BCUT2D eigenvalue weighted by Crippen LogP contribution is -2.34. The van der Waals surface area contributed by atoms with E-state index in [9.17, 15) is 4.79 Å². The molecule has 0 atom stereocenters. The summed E-state index contributed by atoms with van der Waals surface area (Å²) in [5, 5.41) is 0. The third-order valence-corrected chi connectivity index (χ3v) is 3.84. The van der Waals surface area contributed by atoms with Gasteiger partial charge in [0.05, 0.1) is 0 Å². The summed E-state index contributed by atoms with van der Waals surface area (Å²) in [5.41, 5.74) is 0.719. The van der Waals surface area contributed by atoms with E-state index in [-0.39, 0.29) is 5.91 Å². The summed E-state index contributed by atoms with van der Waals surface area (Å²) < 4.78 is 8.13. The van der Waals surface area contributed by atoms with Crippen LogP contribution in [0, 0.1) is 5.92 Å². The molecular weight excluding hydrogens is 296 g/mol. The van der Waals surface area contributed by atoms with Crippen molar-refractivity contribution >= 4 is 21.8 Å². The molecule has 2 heterocycles. The second-order valence-corrected chi connectivity index (χ2v) is 5.81. The predicted molar refractivity (Wildman–Crippen MR) is 73.6 cm³/mol. The van der Waals surface area contributed by atoms with Crippen molar-refractivity contribution in [2.75, 3.05) is 26.8 Å². The van der Waals surface area contributed by atoms with Crippen molar-refractivity contribution in [1.29, 1.82) is 0 Å². The predicted octanol–water partition coefficient (Wildman–Crippen LogP) is 2.29. The molecular formula is C13H19BrN2O2. The topological polar surface area (TPSA) is 34.5 Å². The van der Waals surface area contributed by atoms with Gasteiger partial charge >= 0.3 is 0 Å². The van der Waals surface area contributed by atoms with Gasteiger partial charge in [0.2, 0.25) is 0 Å². The zero-order valence-corrected chi connectivity index (χ0v) is 12.4. The fourth-order valence-electron chi connectivity index (χ4n) is 2.33. The molecule has 1 aliphatic heterocycles. The lowest BCUT2D eigenvalue weighted by molar-refractivity contribution is 0.0493. The lowest BCUT2D eigenvalue weighted by atomic mass is 10.00. The van der Waals surface area contributed by atoms with Crippen LogP contribution in [-0.2, 0) is 11.8 Å². The molecule has 0 N–H and O–H groups in total. The minimum atomic E-state index is 0.0784. The number of aryl methyl sites for hydroxylation is 1. The number of carbonyl (C=O) groups is 1. The molecule has 0 spiro atoms. The summed E-state index contributed by atoms with van der Waals surface area (Å²) in [4.78, 5) is 14.1. The molecule has 100 valence electrons. The maximum atomic E-state index is 12.3. The molecule has 5 heteroatoms. The molecule has 0 bridgehead atoms. The van der Waals surface area contributed by atoms with E-state index in [0.717, 1.165) is 42.8 Å². The number of hydrogen-bond donors (Lipinski definition) is 0. The summed E-state index contributed by atoms with van der Waals surface area (Å²) in [6, 6.07) is 1.86. The van der Waals surface area contributed by atoms with Crippen molar-refractivity contribution in [2.24, 2.45) is 13.0 Å². The summed E-state index contributed by atoms with van der Waals surface area (Å²) in [6.45, 7) is 2.45. The molecule has 18 heavy (non-hydrogen) atoms. The summed E-state index contributed by atoms with van der Waals surface area (Å²) >= 11 is 3.39. The molecule has 0 unspecified atom stereocenters. The fraction of sp³-hybridized carbons (Fsp3) is 0.615. The molecule has 0 aromatic carbocycles. The van der Waals surface area contributed by atoms with Gasteiger partial charge in [0, 0.05) is 44.5 Å². The van der Waals surface area contributed by atoms with Gasteiger partial charge in [0.1, 0.15) is 5.69 Å². The van der Waals surface area contributed by atoms with E-state index in [0.29, 0.717) is 5.92 Å². The van der Waals surface area contributed by atoms with Gasteiger partial charge in [0.25, 0.3) is 5.91 Å². The molecule has 1 aromatic rings. The van der Waals surface area contributed by atoms with Crippen molar-refractivity contribution in [1.82, 2.24) is 9.47 Å². The van der Waals surface area contributed by atoms with Crippen molar-refractivity contribution in [3.63, 3.8) is 0 Å². The van der Waals surface area contributed by atoms with Crippen LogP contribution in [-0.4, -0.2) is 42.2 Å². The fourth-order valence-corrected chi connectivity index (χ4v) is 2.86. The molecule has 1 aliphatic rings. The van der Waals surface area contributed by atoms with Crippen molar-refractivity contribution in [3.05, 3.63) is 22.4 Å². The molecule has 4 nitrogen and oxygen atoms in total. The highest BCUT2D eigenvalue weighted by Crippen LogP contribution is 2.18. The standard InChI is InChI=1S/C13H19BrN2O2/c1-15-9-11(14)7-12(15)13(17)16(2)8-10-3-5-18-6-4-10/h7,9-10H,3-6,8H2,1-2H3. The van der Waals surface area contributed by atoms with Crippen LogP contribution in [0.2, 0.25) is 0 Å². The summed E-state index contributed by atoms with van der Waals surface area (Å²) in [6.07, 6.45) is 4.00. The molecule has 1 aromatic heterocycles. The average Bonchev–Trinajstić information content (AvgIpc) is 2.68. The second-order valence-electron chi connectivity index (χ2n) is 4.90. The minimum Gasteiger partial charge on any atom is -0.381 e. The van der Waals surface area contributed by atoms with Gasteiger partial charge in [-0.2, -0.15) is 0 Å². The van der Waals surface area contributed by atoms with E-state index >= 15 is 0 Å². The van der Waals surface area contributed by atoms with Crippen LogP contribution in [0.25, 0.3) is 0 Å². The van der Waals surface area contributed by atoms with E-state index in [2.05, 4.69) is 15.9 Å². The van der Waals surface area contributed by atoms with Crippen LogP contribution >= 0.6 is 15.9 Å². The Labute approximate surface area is 116 Å². The number of hydrogen-bond acceptors (Lipinski definition) is 2. The first-order valence-electron chi connectivity index (χ1n) is 6.23. The number of nitrogens with zero attached hydrogens (tertiary/aromatic N) is 2. The third-order valence-electron chi connectivity index (χ3n) is 3.41. The lowest BCUT2D eigenvalue weighted by Gasteiger charge is -2.27. The van der Waals surface area contributed by atoms with Crippen LogP contribution in [0.4, 0.5) is 0 Å². The molecule has 1 amide bonds. The Hall–Kier alpha value is -0.810. The van der Waals surface area contributed by atoms with E-state index in [4.69, 9.17) is 4.74 Å². The largest absolute Gasteiger partial charge is 0.381 e. The van der Waals surface area contributed by atoms with Crippen molar-refractivity contribution in [2.45, 2.75) is 12.8 Å². The van der Waals surface area contributed by atoms with Gasteiger partial charge in [0.15, 0.2) is 0 Å². The molecule has 0 radical (unpaired) electrons. The van der Waals surface area contributed by atoms with E-state index in [1.807, 2.05) is 35.8 Å². The number of ether oxygens (including phenoxy) is 1. The van der Waals surface area contributed by atoms with Crippen LogP contribution in [0.1, 0.15) is 23.3 Å². The number of halogens is 1. The third kappa shape index (κ3) is 3.14. The average molecular weight is 315 g/mol. The van der Waals surface area contributed by atoms with Gasteiger partial charge < -0.3 is 14.2 Å². The first-order valence-corrected chi connectivity index (χ1v) is 7.02. The van der Waals surface area contributed by atoms with Gasteiger partial charge in [-0.15, -0.1) is 0 Å². The second kappa shape index (κ2) is 5.89. The first-order chi connectivity index (χ1) is 8.58. The number of aromatic nitrogens is 1. The Morgan fingerprint density at radius 3 is 2.78 bits per heavy atom. The van der Waals surface area contributed by atoms with Gasteiger partial charge in [-0.25, -0.2) is 0 Å². The first kappa shape index (κ1) is 13.6. The Morgan fingerprint density at radius 2 is 2.22 bits per heavy atom. The molecule has 0 saturated carbocycles. The Kier molecular flexibility index (Phi) is 4.45. The van der Waals surface area contributed by atoms with Crippen molar-refractivity contribution in [3.8, 4) is 0 Å². The quantitative estimate of drug-likeness (QED) is 0.858. The summed E-state index contributed by atoms with van der Waals surface area (Å²) in [5.74, 6) is 0.645. The highest BCUT2D eigenvalue weighted by molar-refractivity contribution is 9.10. The molecule has 2 rings (SSSR count). The maximum Gasteiger partial charge on any atom is 0.270 e. The van der Waals surface area contributed by atoms with E-state index < -0.39 is 0 Å². The zero-order valence-electron chi connectivity index (χ0n) is 10.9. The Morgan fingerprint density at radius 1 is 1.56 bits per heavy atom. The SMILES string of the molecule is CN(CC1CCOCC1)C(=O)c1cc(Br)cn1C. The monoisotopic (exact) mass is 314 g/mol. The highest BCUT2D eigenvalue weighted by Gasteiger charge is 2.21. The number of carbonyl (C=O) groups excluding carboxylic acids is 1. The van der Waals surface area contributed by atoms with E-state index in [1.54, 1.807) is 0 Å². The van der Waals surface area contributed by atoms with Crippen LogP contribution < -0.4 is 0 Å². The Bertz CT molecular complexity index is 425. The molecule has 1 fully saturated rings. The summed E-state index contributed by atoms with van der Waals surface area (Å²) in [7, 11) is 3.76. The van der Waals surface area contributed by atoms with E-state index in [1.165, 1.54) is 0 Å².